The van der Waals surface area contributed by atoms with Gasteiger partial charge in [0, 0.05) is 6.04 Å². The first-order chi connectivity index (χ1) is 5.60. The van der Waals surface area contributed by atoms with Gasteiger partial charge >= 0.3 is 5.97 Å². The van der Waals surface area contributed by atoms with Crippen molar-refractivity contribution in [3.05, 3.63) is 0 Å². The molecule has 0 amide bonds. The Morgan fingerprint density at radius 3 is 2.75 bits per heavy atom. The van der Waals surface area contributed by atoms with E-state index in [1.807, 2.05) is 6.07 Å². The fourth-order valence-corrected chi connectivity index (χ4v) is 1.66. The van der Waals surface area contributed by atoms with E-state index in [2.05, 4.69) is 0 Å². The van der Waals surface area contributed by atoms with Crippen LogP contribution in [0.3, 0.4) is 0 Å². The molecule has 0 spiro atoms. The Kier molecular flexibility index (Phi) is 2.34. The third kappa shape index (κ3) is 1.41. The number of carboxylic acid groups (broad SMARTS) is 1. The summed E-state index contributed by atoms with van der Waals surface area (Å²) in [4.78, 5) is 10.8. The number of hydrogen-bond acceptors (Lipinski definition) is 3. The van der Waals surface area contributed by atoms with Gasteiger partial charge < -0.3 is 10.8 Å². The van der Waals surface area contributed by atoms with Gasteiger partial charge in [0.2, 0.25) is 0 Å². The quantitative estimate of drug-likeness (QED) is 0.596. The second kappa shape index (κ2) is 3.11. The van der Waals surface area contributed by atoms with E-state index in [1.54, 1.807) is 0 Å². The molecular weight excluding hydrogens is 156 g/mol. The van der Waals surface area contributed by atoms with E-state index in [1.165, 1.54) is 0 Å². The molecule has 0 bridgehead atoms. The van der Waals surface area contributed by atoms with Gasteiger partial charge in [-0.1, -0.05) is 0 Å². The zero-order chi connectivity index (χ0) is 9.19. The van der Waals surface area contributed by atoms with Gasteiger partial charge in [0.05, 0.1) is 6.07 Å². The van der Waals surface area contributed by atoms with Crippen LogP contribution in [0.2, 0.25) is 0 Å². The summed E-state index contributed by atoms with van der Waals surface area (Å²) in [6.07, 6.45) is 2.29. The van der Waals surface area contributed by atoms with Gasteiger partial charge in [-0.3, -0.25) is 4.79 Å². The minimum absolute atomic E-state index is 0.130. The van der Waals surface area contributed by atoms with Crippen LogP contribution in [0.25, 0.3) is 0 Å². The maximum absolute atomic E-state index is 10.8. The van der Waals surface area contributed by atoms with Gasteiger partial charge in [-0.15, -0.1) is 0 Å². The van der Waals surface area contributed by atoms with Crippen LogP contribution in [0.4, 0.5) is 0 Å². The first-order valence-electron chi connectivity index (χ1n) is 4.01. The molecule has 2 unspecified atom stereocenters. The van der Waals surface area contributed by atoms with E-state index >= 15 is 0 Å². The van der Waals surface area contributed by atoms with Crippen LogP contribution in [-0.2, 0) is 4.79 Å². The summed E-state index contributed by atoms with van der Waals surface area (Å²) in [5.74, 6) is -1.03. The second-order valence-corrected chi connectivity index (χ2v) is 3.36. The summed E-state index contributed by atoms with van der Waals surface area (Å²) in [6.45, 7) is 0. The normalized spacial score (nSPS) is 35.5. The molecule has 1 saturated carbocycles. The third-order valence-electron chi connectivity index (χ3n) is 2.41. The molecular formula is C8H12N2O2. The molecule has 0 aromatic carbocycles. The van der Waals surface area contributed by atoms with Gasteiger partial charge in [-0.25, -0.2) is 0 Å². The maximum Gasteiger partial charge on any atom is 0.324 e. The summed E-state index contributed by atoms with van der Waals surface area (Å²) >= 11 is 0. The number of nitriles is 1. The molecule has 0 aromatic heterocycles. The number of nitrogens with two attached hydrogens (primary N) is 1. The van der Waals surface area contributed by atoms with Crippen molar-refractivity contribution < 1.29 is 9.90 Å². The monoisotopic (exact) mass is 168 g/mol. The molecule has 1 aliphatic carbocycles. The molecule has 4 heteroatoms. The molecule has 0 aromatic rings. The smallest absolute Gasteiger partial charge is 0.324 e. The largest absolute Gasteiger partial charge is 0.480 e. The first-order valence-corrected chi connectivity index (χ1v) is 4.01. The van der Waals surface area contributed by atoms with Crippen molar-refractivity contribution in [3.63, 3.8) is 0 Å². The summed E-state index contributed by atoms with van der Waals surface area (Å²) in [5, 5.41) is 17.6. The highest BCUT2D eigenvalue weighted by molar-refractivity contribution is 5.78. The van der Waals surface area contributed by atoms with Crippen LogP contribution in [0.1, 0.15) is 25.7 Å². The number of nitrogens with zero attached hydrogens (tertiary/aromatic N) is 1. The van der Waals surface area contributed by atoms with Gasteiger partial charge in [0.25, 0.3) is 0 Å². The Balaban J connectivity index is 2.80. The van der Waals surface area contributed by atoms with Crippen molar-refractivity contribution in [3.8, 4) is 6.07 Å². The third-order valence-corrected chi connectivity index (χ3v) is 2.41. The van der Waals surface area contributed by atoms with Crippen molar-refractivity contribution in [2.45, 2.75) is 31.7 Å². The van der Waals surface area contributed by atoms with Crippen LogP contribution >= 0.6 is 0 Å². The number of hydrogen-bond donors (Lipinski definition) is 2. The van der Waals surface area contributed by atoms with Crippen LogP contribution in [0.15, 0.2) is 0 Å². The van der Waals surface area contributed by atoms with Gasteiger partial charge in [-0.2, -0.15) is 5.26 Å². The molecule has 12 heavy (non-hydrogen) atoms. The number of aliphatic carboxylic acids is 1. The lowest BCUT2D eigenvalue weighted by Crippen LogP contribution is -2.40. The highest BCUT2D eigenvalue weighted by Gasteiger charge is 2.42. The van der Waals surface area contributed by atoms with Crippen molar-refractivity contribution >= 4 is 5.97 Å². The highest BCUT2D eigenvalue weighted by atomic mass is 16.4. The summed E-state index contributed by atoms with van der Waals surface area (Å²) < 4.78 is 0. The molecule has 0 heterocycles. The summed E-state index contributed by atoms with van der Waals surface area (Å²) in [5.41, 5.74) is 4.40. The molecule has 2 atom stereocenters. The van der Waals surface area contributed by atoms with Crippen molar-refractivity contribution in [2.75, 3.05) is 0 Å². The lowest BCUT2D eigenvalue weighted by Gasteiger charge is -2.30. The number of carbonyl (C=O) groups is 1. The van der Waals surface area contributed by atoms with E-state index in [-0.39, 0.29) is 6.04 Å². The molecule has 1 aliphatic rings. The average molecular weight is 168 g/mol. The molecule has 4 nitrogen and oxygen atoms in total. The summed E-state index contributed by atoms with van der Waals surface area (Å²) in [6, 6.07) is 1.74. The predicted octanol–water partition coefficient (Wildman–Crippen LogP) is 0.482. The first kappa shape index (κ1) is 9.01. The molecule has 3 N–H and O–H groups in total. The Labute approximate surface area is 71.0 Å². The van der Waals surface area contributed by atoms with Crippen LogP contribution in [-0.4, -0.2) is 17.1 Å². The molecule has 0 aliphatic heterocycles. The number of carboxylic acids is 1. The fraction of sp³-hybridized carbons (Fsp3) is 0.750. The maximum atomic E-state index is 10.8. The zero-order valence-corrected chi connectivity index (χ0v) is 6.79. The van der Waals surface area contributed by atoms with E-state index in [0.717, 1.165) is 12.8 Å². The van der Waals surface area contributed by atoms with E-state index in [0.29, 0.717) is 12.8 Å². The van der Waals surface area contributed by atoms with Gasteiger partial charge in [-0.05, 0) is 25.7 Å². The van der Waals surface area contributed by atoms with Crippen LogP contribution in [0, 0.1) is 16.7 Å². The Morgan fingerprint density at radius 1 is 1.75 bits per heavy atom. The van der Waals surface area contributed by atoms with Crippen molar-refractivity contribution in [2.24, 2.45) is 11.1 Å². The Bertz CT molecular complexity index is 234. The average Bonchev–Trinajstić information content (AvgIpc) is 2.04. The molecule has 0 saturated heterocycles. The van der Waals surface area contributed by atoms with Gasteiger partial charge in [0.15, 0.2) is 5.41 Å². The standard InChI is InChI=1S/C8H12N2O2/c9-5-8(7(11)12)3-1-2-6(10)4-8/h6H,1-4,10H2,(H,11,12). The lowest BCUT2D eigenvalue weighted by molar-refractivity contribution is -0.147. The Morgan fingerprint density at radius 2 is 2.42 bits per heavy atom. The lowest BCUT2D eigenvalue weighted by atomic mass is 9.73. The second-order valence-electron chi connectivity index (χ2n) is 3.36. The van der Waals surface area contributed by atoms with Gasteiger partial charge in [0.1, 0.15) is 0 Å². The SMILES string of the molecule is N#CC1(C(=O)O)CCCC(N)C1. The highest BCUT2D eigenvalue weighted by Crippen LogP contribution is 2.35. The molecule has 66 valence electrons. The van der Waals surface area contributed by atoms with E-state index < -0.39 is 11.4 Å². The topological polar surface area (TPSA) is 87.1 Å². The van der Waals surface area contributed by atoms with E-state index in [4.69, 9.17) is 16.1 Å². The van der Waals surface area contributed by atoms with Crippen LogP contribution < -0.4 is 5.73 Å². The predicted molar refractivity (Wildman–Crippen MR) is 42.1 cm³/mol. The number of rotatable bonds is 1. The van der Waals surface area contributed by atoms with Crippen molar-refractivity contribution in [1.82, 2.24) is 0 Å². The Hall–Kier alpha value is -1.08. The molecule has 0 radical (unpaired) electrons. The van der Waals surface area contributed by atoms with Crippen LogP contribution in [0.5, 0.6) is 0 Å². The van der Waals surface area contributed by atoms with E-state index in [9.17, 15) is 4.79 Å². The van der Waals surface area contributed by atoms with Crippen molar-refractivity contribution in [1.29, 1.82) is 5.26 Å². The molecule has 1 rings (SSSR count). The minimum atomic E-state index is -1.21. The zero-order valence-electron chi connectivity index (χ0n) is 6.79. The fourth-order valence-electron chi connectivity index (χ4n) is 1.66. The summed E-state index contributed by atoms with van der Waals surface area (Å²) in [7, 11) is 0. The minimum Gasteiger partial charge on any atom is -0.480 e. The molecule has 1 fully saturated rings.